The maximum absolute atomic E-state index is 11.2. The molecule has 0 saturated carbocycles. The maximum Gasteiger partial charge on any atom is 0.265 e. The lowest BCUT2D eigenvalue weighted by atomic mass is 10.3. The van der Waals surface area contributed by atoms with Crippen LogP contribution in [0.2, 0.25) is 0 Å². The highest BCUT2D eigenvalue weighted by Crippen LogP contribution is 2.29. The number of anilines is 2. The predicted molar refractivity (Wildman–Crippen MR) is 47.6 cm³/mol. The minimum atomic E-state index is -0.107. The molecule has 0 aliphatic carbocycles. The molecule has 0 bridgehead atoms. The third-order valence-electron chi connectivity index (χ3n) is 1.90. The summed E-state index contributed by atoms with van der Waals surface area (Å²) in [7, 11) is 1.66. The third-order valence-corrected chi connectivity index (χ3v) is 1.90. The van der Waals surface area contributed by atoms with Crippen LogP contribution in [0.15, 0.2) is 12.3 Å². The van der Waals surface area contributed by atoms with Gasteiger partial charge in [0.2, 0.25) is 0 Å². The smallest absolute Gasteiger partial charge is 0.265 e. The van der Waals surface area contributed by atoms with Crippen LogP contribution in [0.1, 0.15) is 0 Å². The molecule has 0 radical (unpaired) electrons. The summed E-state index contributed by atoms with van der Waals surface area (Å²) in [5.41, 5.74) is 6.05. The fourth-order valence-electron chi connectivity index (χ4n) is 1.17. The first-order chi connectivity index (χ1) is 6.18. The highest BCUT2D eigenvalue weighted by molar-refractivity contribution is 5.96. The minimum absolute atomic E-state index is 0.0502. The van der Waals surface area contributed by atoms with E-state index in [0.717, 1.165) is 0 Å². The maximum atomic E-state index is 11.2. The number of carbonyl (C=O) groups excluding carboxylic acids is 1. The van der Waals surface area contributed by atoms with Gasteiger partial charge < -0.3 is 10.5 Å². The molecular formula is C8H9N3O2. The summed E-state index contributed by atoms with van der Waals surface area (Å²) in [6.07, 6.45) is 1.50. The molecule has 5 heteroatoms. The van der Waals surface area contributed by atoms with Crippen molar-refractivity contribution in [3.63, 3.8) is 0 Å². The Morgan fingerprint density at radius 3 is 3.23 bits per heavy atom. The monoisotopic (exact) mass is 179 g/mol. The average molecular weight is 179 g/mol. The molecule has 1 aromatic heterocycles. The zero-order valence-electron chi connectivity index (χ0n) is 7.15. The van der Waals surface area contributed by atoms with Gasteiger partial charge in [0, 0.05) is 13.1 Å². The highest BCUT2D eigenvalue weighted by Gasteiger charge is 2.23. The van der Waals surface area contributed by atoms with E-state index in [2.05, 4.69) is 4.98 Å². The van der Waals surface area contributed by atoms with Crippen molar-refractivity contribution in [3.05, 3.63) is 12.3 Å². The first-order valence-corrected chi connectivity index (χ1v) is 3.83. The highest BCUT2D eigenvalue weighted by atomic mass is 16.5. The van der Waals surface area contributed by atoms with Gasteiger partial charge in [-0.1, -0.05) is 0 Å². The van der Waals surface area contributed by atoms with Gasteiger partial charge in [-0.15, -0.1) is 0 Å². The summed E-state index contributed by atoms with van der Waals surface area (Å²) in [4.78, 5) is 16.6. The van der Waals surface area contributed by atoms with Crippen LogP contribution in [0, 0.1) is 0 Å². The zero-order chi connectivity index (χ0) is 9.42. The molecule has 2 heterocycles. The van der Waals surface area contributed by atoms with Crippen molar-refractivity contribution in [2.75, 3.05) is 24.3 Å². The zero-order valence-corrected chi connectivity index (χ0v) is 7.15. The Balaban J connectivity index is 2.49. The molecule has 0 unspecified atom stereocenters. The Morgan fingerprint density at radius 1 is 1.69 bits per heavy atom. The van der Waals surface area contributed by atoms with Gasteiger partial charge in [0.05, 0.1) is 11.9 Å². The standard InChI is InChI=1S/C8H9N3O2/c1-11-7(12)4-13-6-2-5(9)3-10-8(6)11/h2-3H,4,9H2,1H3. The second kappa shape index (κ2) is 2.62. The molecule has 5 nitrogen and oxygen atoms in total. The summed E-state index contributed by atoms with van der Waals surface area (Å²) in [6, 6.07) is 1.66. The molecule has 2 rings (SSSR count). The summed E-state index contributed by atoms with van der Waals surface area (Å²) >= 11 is 0. The van der Waals surface area contributed by atoms with Crippen molar-refractivity contribution in [1.82, 2.24) is 4.98 Å². The number of nitrogens with two attached hydrogens (primary N) is 1. The Kier molecular flexibility index (Phi) is 1.58. The van der Waals surface area contributed by atoms with Crippen LogP contribution >= 0.6 is 0 Å². The summed E-state index contributed by atoms with van der Waals surface area (Å²) < 4.78 is 5.15. The molecule has 0 saturated heterocycles. The van der Waals surface area contributed by atoms with Gasteiger partial charge in [-0.2, -0.15) is 0 Å². The number of nitrogen functional groups attached to an aromatic ring is 1. The van der Waals surface area contributed by atoms with Crippen LogP contribution in [0.4, 0.5) is 11.5 Å². The van der Waals surface area contributed by atoms with Gasteiger partial charge in [0.15, 0.2) is 18.2 Å². The summed E-state index contributed by atoms with van der Waals surface area (Å²) in [5.74, 6) is 0.970. The molecule has 1 aliphatic rings. The molecule has 13 heavy (non-hydrogen) atoms. The number of hydrogen-bond acceptors (Lipinski definition) is 4. The average Bonchev–Trinajstić information content (AvgIpc) is 2.12. The van der Waals surface area contributed by atoms with E-state index in [1.54, 1.807) is 13.1 Å². The molecule has 68 valence electrons. The van der Waals surface area contributed by atoms with Gasteiger partial charge in [0.1, 0.15) is 0 Å². The van der Waals surface area contributed by atoms with Crippen molar-refractivity contribution in [1.29, 1.82) is 0 Å². The first kappa shape index (κ1) is 7.85. The number of rotatable bonds is 0. The number of nitrogens with zero attached hydrogens (tertiary/aromatic N) is 2. The predicted octanol–water partition coefficient (Wildman–Crippen LogP) is 0.0190. The molecular weight excluding hydrogens is 170 g/mol. The second-order valence-corrected chi connectivity index (χ2v) is 2.83. The van der Waals surface area contributed by atoms with Crippen LogP contribution in [-0.2, 0) is 4.79 Å². The molecule has 0 aromatic carbocycles. The molecule has 1 amide bonds. The van der Waals surface area contributed by atoms with Gasteiger partial charge in [-0.3, -0.25) is 9.69 Å². The lowest BCUT2D eigenvalue weighted by molar-refractivity contribution is -0.121. The Labute approximate surface area is 75.1 Å². The van der Waals surface area contributed by atoms with E-state index in [1.807, 2.05) is 0 Å². The van der Waals surface area contributed by atoms with Gasteiger partial charge in [-0.05, 0) is 0 Å². The molecule has 1 aliphatic heterocycles. The SMILES string of the molecule is CN1C(=O)COc2cc(N)cnc21. The number of fused-ring (bicyclic) bond motifs is 1. The van der Waals surface area contributed by atoms with Crippen LogP contribution in [0.5, 0.6) is 5.75 Å². The Hall–Kier alpha value is -1.78. The first-order valence-electron chi connectivity index (χ1n) is 3.83. The van der Waals surface area contributed by atoms with E-state index in [1.165, 1.54) is 11.1 Å². The van der Waals surface area contributed by atoms with Crippen molar-refractivity contribution >= 4 is 17.4 Å². The molecule has 0 spiro atoms. The van der Waals surface area contributed by atoms with Crippen LogP contribution in [0.3, 0.4) is 0 Å². The van der Waals surface area contributed by atoms with Crippen molar-refractivity contribution in [2.45, 2.75) is 0 Å². The normalized spacial score (nSPS) is 15.2. The van der Waals surface area contributed by atoms with Gasteiger partial charge >= 0.3 is 0 Å². The van der Waals surface area contributed by atoms with Crippen molar-refractivity contribution in [3.8, 4) is 5.75 Å². The van der Waals surface area contributed by atoms with Gasteiger partial charge in [-0.25, -0.2) is 4.98 Å². The summed E-state index contributed by atoms with van der Waals surface area (Å²) in [6.45, 7) is 0.0502. The van der Waals surface area contributed by atoms with E-state index < -0.39 is 0 Å². The lowest BCUT2D eigenvalue weighted by Gasteiger charge is -2.24. The molecule has 0 atom stereocenters. The Morgan fingerprint density at radius 2 is 2.46 bits per heavy atom. The number of amides is 1. The summed E-state index contributed by atoms with van der Waals surface area (Å²) in [5, 5.41) is 0. The van der Waals surface area contributed by atoms with Crippen molar-refractivity contribution in [2.24, 2.45) is 0 Å². The molecule has 0 fully saturated rings. The van der Waals surface area contributed by atoms with Gasteiger partial charge in [0.25, 0.3) is 5.91 Å². The van der Waals surface area contributed by atoms with E-state index in [4.69, 9.17) is 10.5 Å². The molecule has 1 aromatic rings. The van der Waals surface area contributed by atoms with E-state index >= 15 is 0 Å². The largest absolute Gasteiger partial charge is 0.480 e. The quantitative estimate of drug-likeness (QED) is 0.609. The van der Waals surface area contributed by atoms with Crippen LogP contribution in [-0.4, -0.2) is 24.5 Å². The number of ether oxygens (including phenoxy) is 1. The van der Waals surface area contributed by atoms with Crippen LogP contribution < -0.4 is 15.4 Å². The number of hydrogen-bond donors (Lipinski definition) is 1. The number of carbonyl (C=O) groups is 1. The van der Waals surface area contributed by atoms with Crippen LogP contribution in [0.25, 0.3) is 0 Å². The number of aromatic nitrogens is 1. The molecule has 2 N–H and O–H groups in total. The van der Waals surface area contributed by atoms with E-state index in [9.17, 15) is 4.79 Å². The number of pyridine rings is 1. The second-order valence-electron chi connectivity index (χ2n) is 2.83. The van der Waals surface area contributed by atoms with E-state index in [0.29, 0.717) is 17.3 Å². The fourth-order valence-corrected chi connectivity index (χ4v) is 1.17. The fraction of sp³-hybridized carbons (Fsp3) is 0.250. The lowest BCUT2D eigenvalue weighted by Crippen LogP contribution is -2.36. The van der Waals surface area contributed by atoms with Crippen molar-refractivity contribution < 1.29 is 9.53 Å². The third kappa shape index (κ3) is 1.18. The number of likely N-dealkylation sites (N-methyl/N-ethyl adjacent to an activating group) is 1. The minimum Gasteiger partial charge on any atom is -0.480 e. The topological polar surface area (TPSA) is 68.5 Å². The van der Waals surface area contributed by atoms with E-state index in [-0.39, 0.29) is 12.5 Å². The Bertz CT molecular complexity index is 364.